The smallest absolute Gasteiger partial charge is 0.203 e. The van der Waals surface area contributed by atoms with Crippen LogP contribution in [0.25, 0.3) is 11.1 Å². The fraction of sp³-hybridized carbons (Fsp3) is 0.0556. The Hall–Kier alpha value is -1.53. The van der Waals surface area contributed by atoms with Crippen LogP contribution in [0.1, 0.15) is 20.8 Å². The third-order valence-corrected chi connectivity index (χ3v) is 5.06. The summed E-state index contributed by atoms with van der Waals surface area (Å²) < 4.78 is 14.1. The molecule has 0 saturated heterocycles. The topological polar surface area (TPSA) is 17.1 Å². The summed E-state index contributed by atoms with van der Waals surface area (Å²) in [5.41, 5.74) is 3.39. The first-order valence-electron chi connectivity index (χ1n) is 6.70. The van der Waals surface area contributed by atoms with E-state index in [0.717, 1.165) is 25.8 Å². The van der Waals surface area contributed by atoms with Crippen LogP contribution in [0.2, 0.25) is 0 Å². The normalized spacial score (nSPS) is 10.7. The molecule has 0 aliphatic rings. The van der Waals surface area contributed by atoms with Crippen LogP contribution in [0.3, 0.4) is 0 Å². The van der Waals surface area contributed by atoms with Gasteiger partial charge < -0.3 is 0 Å². The second kappa shape index (κ2) is 6.30. The van der Waals surface area contributed by atoms with Gasteiger partial charge in [0.25, 0.3) is 0 Å². The largest absolute Gasteiger partial charge is 0.288 e. The average molecular weight is 422 g/mol. The highest BCUT2D eigenvalue weighted by atomic mass is 127. The zero-order valence-corrected chi connectivity index (χ0v) is 14.7. The van der Waals surface area contributed by atoms with E-state index >= 15 is 0 Å². The molecule has 0 aliphatic heterocycles. The van der Waals surface area contributed by atoms with Gasteiger partial charge in [-0.3, -0.25) is 4.79 Å². The maximum atomic E-state index is 13.1. The summed E-state index contributed by atoms with van der Waals surface area (Å²) in [6.07, 6.45) is 0. The standard InChI is InChI=1S/C18H12FIOS/c1-11-2-7-14(20)10-16(11)17(21)18-15(8-9-22-18)12-3-5-13(19)6-4-12/h2-10H,1H3. The van der Waals surface area contributed by atoms with Crippen molar-refractivity contribution in [2.75, 3.05) is 0 Å². The Morgan fingerprint density at radius 1 is 1.09 bits per heavy atom. The van der Waals surface area contributed by atoms with Crippen LogP contribution in [0.5, 0.6) is 0 Å². The summed E-state index contributed by atoms with van der Waals surface area (Å²) in [7, 11) is 0. The van der Waals surface area contributed by atoms with E-state index in [1.165, 1.54) is 23.5 Å². The number of aryl methyl sites for hydroxylation is 1. The van der Waals surface area contributed by atoms with Gasteiger partial charge in [0.15, 0.2) is 0 Å². The number of halogens is 2. The molecular formula is C18H12FIOS. The second-order valence-electron chi connectivity index (χ2n) is 4.96. The van der Waals surface area contributed by atoms with Crippen molar-refractivity contribution in [1.29, 1.82) is 0 Å². The minimum absolute atomic E-state index is 0.0188. The molecule has 0 bridgehead atoms. The quantitative estimate of drug-likeness (QED) is 0.391. The summed E-state index contributed by atoms with van der Waals surface area (Å²) in [4.78, 5) is 13.6. The SMILES string of the molecule is Cc1ccc(I)cc1C(=O)c1sccc1-c1ccc(F)cc1. The van der Waals surface area contributed by atoms with Gasteiger partial charge in [0.1, 0.15) is 5.82 Å². The van der Waals surface area contributed by atoms with Crippen molar-refractivity contribution in [3.8, 4) is 11.1 Å². The number of rotatable bonds is 3. The first-order valence-corrected chi connectivity index (χ1v) is 8.66. The molecule has 0 saturated carbocycles. The number of benzene rings is 2. The fourth-order valence-corrected chi connectivity index (χ4v) is 3.66. The summed E-state index contributed by atoms with van der Waals surface area (Å²) in [6, 6.07) is 14.0. The van der Waals surface area contributed by atoms with Crippen LogP contribution in [0.4, 0.5) is 4.39 Å². The van der Waals surface area contributed by atoms with Crippen molar-refractivity contribution >= 4 is 39.7 Å². The van der Waals surface area contributed by atoms with E-state index in [1.807, 2.05) is 36.6 Å². The van der Waals surface area contributed by atoms with Crippen LogP contribution >= 0.6 is 33.9 Å². The summed E-state index contributed by atoms with van der Waals surface area (Å²) in [6.45, 7) is 1.94. The molecule has 110 valence electrons. The number of hydrogen-bond donors (Lipinski definition) is 0. The zero-order valence-electron chi connectivity index (χ0n) is 11.8. The number of ketones is 1. The Bertz CT molecular complexity index is 837. The van der Waals surface area contributed by atoms with Gasteiger partial charge in [0.2, 0.25) is 5.78 Å². The molecule has 0 N–H and O–H groups in total. The molecule has 1 nitrogen and oxygen atoms in total. The first-order chi connectivity index (χ1) is 10.6. The Balaban J connectivity index is 2.06. The Labute approximate surface area is 146 Å². The maximum Gasteiger partial charge on any atom is 0.203 e. The molecule has 0 spiro atoms. The molecule has 3 aromatic rings. The molecule has 0 fully saturated rings. The van der Waals surface area contributed by atoms with Crippen molar-refractivity contribution in [2.24, 2.45) is 0 Å². The van der Waals surface area contributed by atoms with Gasteiger partial charge in [-0.2, -0.15) is 0 Å². The predicted molar refractivity (Wildman–Crippen MR) is 97.0 cm³/mol. The van der Waals surface area contributed by atoms with E-state index in [4.69, 9.17) is 0 Å². The molecule has 3 rings (SSSR count). The maximum absolute atomic E-state index is 13.1. The van der Waals surface area contributed by atoms with E-state index in [-0.39, 0.29) is 11.6 Å². The zero-order chi connectivity index (χ0) is 15.7. The van der Waals surface area contributed by atoms with Gasteiger partial charge >= 0.3 is 0 Å². The van der Waals surface area contributed by atoms with Crippen LogP contribution in [0.15, 0.2) is 53.9 Å². The van der Waals surface area contributed by atoms with Gasteiger partial charge in [-0.15, -0.1) is 11.3 Å². The van der Waals surface area contributed by atoms with Crippen molar-refractivity contribution in [1.82, 2.24) is 0 Å². The minimum atomic E-state index is -0.277. The molecule has 0 radical (unpaired) electrons. The van der Waals surface area contributed by atoms with Crippen molar-refractivity contribution in [2.45, 2.75) is 6.92 Å². The van der Waals surface area contributed by atoms with Crippen LogP contribution in [0, 0.1) is 16.3 Å². The lowest BCUT2D eigenvalue weighted by Gasteiger charge is -2.07. The van der Waals surface area contributed by atoms with Crippen molar-refractivity contribution < 1.29 is 9.18 Å². The minimum Gasteiger partial charge on any atom is -0.288 e. The lowest BCUT2D eigenvalue weighted by Crippen LogP contribution is -2.03. The van der Waals surface area contributed by atoms with E-state index in [0.29, 0.717) is 4.88 Å². The molecule has 1 heterocycles. The highest BCUT2D eigenvalue weighted by Gasteiger charge is 2.18. The molecular weight excluding hydrogens is 410 g/mol. The van der Waals surface area contributed by atoms with Crippen LogP contribution in [-0.2, 0) is 0 Å². The van der Waals surface area contributed by atoms with Crippen LogP contribution in [-0.4, -0.2) is 5.78 Å². The number of carbonyl (C=O) groups is 1. The molecule has 22 heavy (non-hydrogen) atoms. The molecule has 0 unspecified atom stereocenters. The average Bonchev–Trinajstić information content (AvgIpc) is 2.99. The van der Waals surface area contributed by atoms with Crippen molar-refractivity contribution in [3.63, 3.8) is 0 Å². The molecule has 2 aromatic carbocycles. The first kappa shape index (κ1) is 15.4. The highest BCUT2D eigenvalue weighted by molar-refractivity contribution is 14.1. The third-order valence-electron chi connectivity index (χ3n) is 3.47. The lowest BCUT2D eigenvalue weighted by atomic mass is 9.99. The van der Waals surface area contributed by atoms with Gasteiger partial charge in [-0.1, -0.05) is 18.2 Å². The fourth-order valence-electron chi connectivity index (χ4n) is 2.30. The summed E-state index contributed by atoms with van der Waals surface area (Å²) >= 11 is 3.63. The van der Waals surface area contributed by atoms with E-state index in [2.05, 4.69) is 22.6 Å². The van der Waals surface area contributed by atoms with E-state index in [1.54, 1.807) is 12.1 Å². The van der Waals surface area contributed by atoms with Gasteiger partial charge in [-0.25, -0.2) is 4.39 Å². The van der Waals surface area contributed by atoms with Gasteiger partial charge in [-0.05, 0) is 76.4 Å². The Morgan fingerprint density at radius 2 is 1.82 bits per heavy atom. The van der Waals surface area contributed by atoms with E-state index < -0.39 is 0 Å². The van der Waals surface area contributed by atoms with Gasteiger partial charge in [0.05, 0.1) is 4.88 Å². The molecule has 4 heteroatoms. The molecule has 0 amide bonds. The predicted octanol–water partition coefficient (Wildman–Crippen LogP) is 5.70. The molecule has 0 atom stereocenters. The number of carbonyl (C=O) groups excluding carboxylic acids is 1. The number of thiophene rings is 1. The number of hydrogen-bond acceptors (Lipinski definition) is 2. The van der Waals surface area contributed by atoms with Gasteiger partial charge in [0, 0.05) is 14.7 Å². The van der Waals surface area contributed by atoms with E-state index in [9.17, 15) is 9.18 Å². The molecule has 0 aliphatic carbocycles. The Morgan fingerprint density at radius 3 is 2.55 bits per heavy atom. The summed E-state index contributed by atoms with van der Waals surface area (Å²) in [5, 5.41) is 1.90. The lowest BCUT2D eigenvalue weighted by molar-refractivity contribution is 0.104. The third kappa shape index (κ3) is 2.98. The second-order valence-corrected chi connectivity index (χ2v) is 7.12. The van der Waals surface area contributed by atoms with Crippen LogP contribution < -0.4 is 0 Å². The summed E-state index contributed by atoms with van der Waals surface area (Å²) in [5.74, 6) is -0.259. The Kier molecular flexibility index (Phi) is 4.40. The highest BCUT2D eigenvalue weighted by Crippen LogP contribution is 2.31. The van der Waals surface area contributed by atoms with Crippen molar-refractivity contribution in [3.05, 3.63) is 79.3 Å². The monoisotopic (exact) mass is 422 g/mol. The molecule has 1 aromatic heterocycles.